The molecule has 0 saturated carbocycles. The fraction of sp³-hybridized carbons (Fsp3) is 0.688. The Morgan fingerprint density at radius 1 is 1.45 bits per heavy atom. The Labute approximate surface area is 137 Å². The smallest absolute Gasteiger partial charge is 0.225 e. The molecule has 6 heteroatoms. The van der Waals surface area contributed by atoms with Gasteiger partial charge in [-0.2, -0.15) is 0 Å². The van der Waals surface area contributed by atoms with Crippen LogP contribution in [0.2, 0.25) is 5.15 Å². The van der Waals surface area contributed by atoms with Crippen LogP contribution in [0.5, 0.6) is 0 Å². The Kier molecular flexibility index (Phi) is 5.27. The molecule has 0 spiro atoms. The molecule has 1 unspecified atom stereocenters. The number of amides is 1. The van der Waals surface area contributed by atoms with E-state index < -0.39 is 0 Å². The number of nitrogens with zero attached hydrogens (tertiary/aromatic N) is 3. The monoisotopic (exact) mass is 324 g/mol. The molecule has 0 aromatic carbocycles. The van der Waals surface area contributed by atoms with Gasteiger partial charge < -0.3 is 10.2 Å². The third-order valence-electron chi connectivity index (χ3n) is 3.87. The summed E-state index contributed by atoms with van der Waals surface area (Å²) in [7, 11) is 0. The average molecular weight is 325 g/mol. The quantitative estimate of drug-likeness (QED) is 0.869. The summed E-state index contributed by atoms with van der Waals surface area (Å²) in [6, 6.07) is 1.81. The van der Waals surface area contributed by atoms with Crippen LogP contribution < -0.4 is 10.2 Å². The van der Waals surface area contributed by atoms with Crippen LogP contribution in [0.4, 0.5) is 5.82 Å². The van der Waals surface area contributed by atoms with E-state index in [1.165, 1.54) is 0 Å². The summed E-state index contributed by atoms with van der Waals surface area (Å²) in [6.07, 6.45) is 2.22. The molecule has 1 saturated heterocycles. The van der Waals surface area contributed by atoms with E-state index in [1.807, 2.05) is 33.8 Å². The second kappa shape index (κ2) is 6.82. The molecule has 22 heavy (non-hydrogen) atoms. The largest absolute Gasteiger partial charge is 0.356 e. The minimum Gasteiger partial charge on any atom is -0.356 e. The number of aromatic nitrogens is 2. The number of anilines is 1. The second-order valence-corrected chi connectivity index (χ2v) is 7.40. The highest BCUT2D eigenvalue weighted by molar-refractivity contribution is 6.29. The van der Waals surface area contributed by atoms with E-state index in [-0.39, 0.29) is 11.3 Å². The van der Waals surface area contributed by atoms with Gasteiger partial charge in [0.2, 0.25) is 5.91 Å². The van der Waals surface area contributed by atoms with Crippen LogP contribution in [0.1, 0.15) is 39.4 Å². The highest BCUT2D eigenvalue weighted by Gasteiger charge is 2.25. The first-order valence-corrected chi connectivity index (χ1v) is 8.18. The minimum atomic E-state index is -0.342. The van der Waals surface area contributed by atoms with E-state index >= 15 is 0 Å². The van der Waals surface area contributed by atoms with Gasteiger partial charge >= 0.3 is 0 Å². The molecule has 1 atom stereocenters. The molecule has 0 bridgehead atoms. The Hall–Kier alpha value is -1.36. The van der Waals surface area contributed by atoms with Crippen molar-refractivity contribution >= 4 is 23.3 Å². The van der Waals surface area contributed by atoms with Crippen molar-refractivity contribution in [2.45, 2.75) is 40.5 Å². The van der Waals surface area contributed by atoms with Gasteiger partial charge in [0.05, 0.1) is 0 Å². The van der Waals surface area contributed by atoms with Crippen LogP contribution in [0.3, 0.4) is 0 Å². The van der Waals surface area contributed by atoms with Crippen molar-refractivity contribution in [3.8, 4) is 0 Å². The van der Waals surface area contributed by atoms with E-state index in [4.69, 9.17) is 11.6 Å². The maximum absolute atomic E-state index is 12.0. The molecule has 1 amide bonds. The van der Waals surface area contributed by atoms with Gasteiger partial charge in [-0.05, 0) is 25.7 Å². The fourth-order valence-electron chi connectivity index (χ4n) is 2.62. The maximum Gasteiger partial charge on any atom is 0.225 e. The highest BCUT2D eigenvalue weighted by Crippen LogP contribution is 2.23. The molecule has 2 rings (SSSR count). The van der Waals surface area contributed by atoms with Crippen LogP contribution >= 0.6 is 11.6 Å². The number of rotatable bonds is 3. The number of aryl methyl sites for hydroxylation is 1. The van der Waals surface area contributed by atoms with Crippen molar-refractivity contribution in [2.75, 3.05) is 24.5 Å². The molecule has 0 aliphatic carbocycles. The summed E-state index contributed by atoms with van der Waals surface area (Å²) in [4.78, 5) is 22.8. The van der Waals surface area contributed by atoms with Gasteiger partial charge in [0.25, 0.3) is 0 Å². The molecular weight excluding hydrogens is 300 g/mol. The first kappa shape index (κ1) is 17.0. The minimum absolute atomic E-state index is 0.102. The van der Waals surface area contributed by atoms with Crippen LogP contribution in [-0.4, -0.2) is 35.5 Å². The summed E-state index contributed by atoms with van der Waals surface area (Å²) in [5.41, 5.74) is -0.342. The predicted molar refractivity (Wildman–Crippen MR) is 89.2 cm³/mol. The number of carbonyl (C=O) groups excluding carboxylic acids is 1. The van der Waals surface area contributed by atoms with Gasteiger partial charge in [-0.1, -0.05) is 32.4 Å². The Bertz CT molecular complexity index is 521. The zero-order valence-corrected chi connectivity index (χ0v) is 14.6. The van der Waals surface area contributed by atoms with Crippen LogP contribution in [-0.2, 0) is 4.79 Å². The van der Waals surface area contributed by atoms with Crippen molar-refractivity contribution in [1.29, 1.82) is 0 Å². The number of hydrogen-bond acceptors (Lipinski definition) is 4. The van der Waals surface area contributed by atoms with E-state index in [0.717, 1.165) is 31.7 Å². The molecule has 2 heterocycles. The molecule has 1 fully saturated rings. The van der Waals surface area contributed by atoms with Gasteiger partial charge in [0, 0.05) is 31.1 Å². The summed E-state index contributed by atoms with van der Waals surface area (Å²) in [5, 5.41) is 3.54. The lowest BCUT2D eigenvalue weighted by Gasteiger charge is -2.34. The second-order valence-electron chi connectivity index (χ2n) is 7.01. The zero-order chi connectivity index (χ0) is 16.3. The lowest BCUT2D eigenvalue weighted by molar-refractivity contribution is -0.128. The fourth-order valence-corrected chi connectivity index (χ4v) is 2.84. The van der Waals surface area contributed by atoms with Gasteiger partial charge in [0.15, 0.2) is 0 Å². The van der Waals surface area contributed by atoms with E-state index in [2.05, 4.69) is 20.2 Å². The van der Waals surface area contributed by atoms with Crippen molar-refractivity contribution in [3.05, 3.63) is 17.0 Å². The number of nitrogens with one attached hydrogen (secondary N) is 1. The zero-order valence-electron chi connectivity index (χ0n) is 13.8. The Morgan fingerprint density at radius 3 is 2.82 bits per heavy atom. The van der Waals surface area contributed by atoms with Crippen LogP contribution in [0.15, 0.2) is 6.07 Å². The molecule has 1 aliphatic rings. The standard InChI is InChI=1S/C16H25ClN4O/c1-11-19-13(17)8-14(20-11)21-7-5-6-12(10-21)9-18-15(22)16(2,3)4/h8,12H,5-7,9-10H2,1-4H3,(H,18,22). The van der Waals surface area contributed by atoms with Gasteiger partial charge in [-0.15, -0.1) is 0 Å². The third-order valence-corrected chi connectivity index (χ3v) is 4.06. The summed E-state index contributed by atoms with van der Waals surface area (Å²) in [6.45, 7) is 10.2. The number of carbonyl (C=O) groups is 1. The van der Waals surface area contributed by atoms with Crippen LogP contribution in [0.25, 0.3) is 0 Å². The summed E-state index contributed by atoms with van der Waals surface area (Å²) >= 11 is 6.02. The topological polar surface area (TPSA) is 58.1 Å². The molecule has 1 aromatic heterocycles. The number of piperidine rings is 1. The Balaban J connectivity index is 1.96. The maximum atomic E-state index is 12.0. The average Bonchev–Trinajstić information content (AvgIpc) is 2.43. The molecule has 1 aromatic rings. The van der Waals surface area contributed by atoms with E-state index in [0.29, 0.717) is 23.4 Å². The first-order chi connectivity index (χ1) is 10.3. The lowest BCUT2D eigenvalue weighted by atomic mass is 9.94. The molecular formula is C16H25ClN4O. The van der Waals surface area contributed by atoms with Gasteiger partial charge in [-0.3, -0.25) is 4.79 Å². The molecule has 1 N–H and O–H groups in total. The van der Waals surface area contributed by atoms with Gasteiger partial charge in [0.1, 0.15) is 16.8 Å². The van der Waals surface area contributed by atoms with Gasteiger partial charge in [-0.25, -0.2) is 9.97 Å². The van der Waals surface area contributed by atoms with E-state index in [1.54, 1.807) is 0 Å². The number of hydrogen-bond donors (Lipinski definition) is 1. The molecule has 0 radical (unpaired) electrons. The van der Waals surface area contributed by atoms with Crippen molar-refractivity contribution in [3.63, 3.8) is 0 Å². The molecule has 1 aliphatic heterocycles. The molecule has 122 valence electrons. The van der Waals surface area contributed by atoms with Crippen molar-refractivity contribution in [2.24, 2.45) is 11.3 Å². The lowest BCUT2D eigenvalue weighted by Crippen LogP contribution is -2.43. The SMILES string of the molecule is Cc1nc(Cl)cc(N2CCCC(CNC(=O)C(C)(C)C)C2)n1. The normalized spacial score (nSPS) is 19.1. The summed E-state index contributed by atoms with van der Waals surface area (Å²) in [5.74, 6) is 2.11. The predicted octanol–water partition coefficient (Wildman–Crippen LogP) is 2.82. The third kappa shape index (κ3) is 4.57. The number of halogens is 1. The first-order valence-electron chi connectivity index (χ1n) is 7.80. The molecule has 5 nitrogen and oxygen atoms in total. The van der Waals surface area contributed by atoms with E-state index in [9.17, 15) is 4.79 Å². The summed E-state index contributed by atoms with van der Waals surface area (Å²) < 4.78 is 0. The van der Waals surface area contributed by atoms with Crippen molar-refractivity contribution in [1.82, 2.24) is 15.3 Å². The Morgan fingerprint density at radius 2 is 2.18 bits per heavy atom. The van der Waals surface area contributed by atoms with Crippen molar-refractivity contribution < 1.29 is 4.79 Å². The van der Waals surface area contributed by atoms with Crippen LogP contribution in [0, 0.1) is 18.3 Å². The highest BCUT2D eigenvalue weighted by atomic mass is 35.5.